The summed E-state index contributed by atoms with van der Waals surface area (Å²) in [5, 5.41) is 4.39. The van der Waals surface area contributed by atoms with Gasteiger partial charge in [-0.05, 0) is 36.2 Å². The Morgan fingerprint density at radius 1 is 1.13 bits per heavy atom. The van der Waals surface area contributed by atoms with Gasteiger partial charge in [0.05, 0.1) is 11.5 Å². The van der Waals surface area contributed by atoms with Crippen LogP contribution in [0.4, 0.5) is 0 Å². The van der Waals surface area contributed by atoms with Crippen molar-refractivity contribution in [2.75, 3.05) is 31.2 Å². The fourth-order valence-corrected chi connectivity index (χ4v) is 5.25. The van der Waals surface area contributed by atoms with E-state index >= 15 is 0 Å². The van der Waals surface area contributed by atoms with Crippen molar-refractivity contribution in [3.8, 4) is 0 Å². The molecular formula is C21H24N2O6S. The molecule has 1 heterocycles. The van der Waals surface area contributed by atoms with Gasteiger partial charge in [-0.1, -0.05) is 30.3 Å². The first-order valence-corrected chi connectivity index (χ1v) is 11.5. The van der Waals surface area contributed by atoms with Gasteiger partial charge >= 0.3 is 5.97 Å². The van der Waals surface area contributed by atoms with Crippen molar-refractivity contribution in [3.05, 3.63) is 48.0 Å². The van der Waals surface area contributed by atoms with Crippen molar-refractivity contribution in [2.45, 2.75) is 19.4 Å². The molecule has 0 bridgehead atoms. The van der Waals surface area contributed by atoms with E-state index in [0.29, 0.717) is 18.5 Å². The summed E-state index contributed by atoms with van der Waals surface area (Å²) >= 11 is 0. The molecular weight excluding hydrogens is 408 g/mol. The van der Waals surface area contributed by atoms with E-state index in [9.17, 15) is 22.8 Å². The molecule has 2 aromatic rings. The summed E-state index contributed by atoms with van der Waals surface area (Å²) in [4.78, 5) is 37.9. The van der Waals surface area contributed by atoms with Gasteiger partial charge < -0.3 is 15.0 Å². The fourth-order valence-electron chi connectivity index (χ4n) is 3.52. The Labute approximate surface area is 175 Å². The Bertz CT molecular complexity index is 1070. The Morgan fingerprint density at radius 2 is 1.87 bits per heavy atom. The topological polar surface area (TPSA) is 110 Å². The zero-order valence-electron chi connectivity index (χ0n) is 16.7. The first-order valence-electron chi connectivity index (χ1n) is 9.71. The predicted molar refractivity (Wildman–Crippen MR) is 112 cm³/mol. The van der Waals surface area contributed by atoms with Crippen molar-refractivity contribution in [2.24, 2.45) is 0 Å². The van der Waals surface area contributed by atoms with Crippen molar-refractivity contribution in [1.29, 1.82) is 0 Å². The molecule has 1 aliphatic heterocycles. The number of carbonyl (C=O) groups is 3. The lowest BCUT2D eigenvalue weighted by Crippen LogP contribution is -2.43. The highest BCUT2D eigenvalue weighted by Gasteiger charge is 2.34. The van der Waals surface area contributed by atoms with Crippen molar-refractivity contribution in [1.82, 2.24) is 10.2 Å². The molecule has 1 fully saturated rings. The highest BCUT2D eigenvalue weighted by Crippen LogP contribution is 2.18. The molecule has 2 aromatic carbocycles. The van der Waals surface area contributed by atoms with Crippen LogP contribution in [0, 0.1) is 0 Å². The third-order valence-electron chi connectivity index (χ3n) is 5.07. The number of nitrogens with zero attached hydrogens (tertiary/aromatic N) is 1. The summed E-state index contributed by atoms with van der Waals surface area (Å²) in [6, 6.07) is 12.4. The largest absolute Gasteiger partial charge is 0.454 e. The molecule has 0 unspecified atom stereocenters. The number of fused-ring (bicyclic) bond motifs is 1. The highest BCUT2D eigenvalue weighted by atomic mass is 32.2. The fraction of sp³-hybridized carbons (Fsp3) is 0.381. The van der Waals surface area contributed by atoms with Gasteiger partial charge in [-0.2, -0.15) is 0 Å². The summed E-state index contributed by atoms with van der Waals surface area (Å²) < 4.78 is 28.2. The van der Waals surface area contributed by atoms with E-state index in [0.717, 1.165) is 10.8 Å². The van der Waals surface area contributed by atoms with Crippen molar-refractivity contribution in [3.63, 3.8) is 0 Å². The minimum Gasteiger partial charge on any atom is -0.454 e. The maximum Gasteiger partial charge on any atom is 0.325 e. The predicted octanol–water partition coefficient (Wildman–Crippen LogP) is 1.15. The molecule has 2 amide bonds. The normalized spacial score (nSPS) is 17.4. The van der Waals surface area contributed by atoms with E-state index < -0.39 is 34.2 Å². The van der Waals surface area contributed by atoms with Crippen LogP contribution < -0.4 is 5.32 Å². The molecule has 1 saturated heterocycles. The van der Waals surface area contributed by atoms with E-state index in [1.54, 1.807) is 19.1 Å². The van der Waals surface area contributed by atoms with E-state index in [1.165, 1.54) is 4.90 Å². The maximum absolute atomic E-state index is 12.3. The van der Waals surface area contributed by atoms with Gasteiger partial charge in [-0.25, -0.2) is 8.42 Å². The van der Waals surface area contributed by atoms with Gasteiger partial charge in [0.1, 0.15) is 6.54 Å². The summed E-state index contributed by atoms with van der Waals surface area (Å²) in [6.07, 6.45) is 0.387. The minimum atomic E-state index is -3.12. The van der Waals surface area contributed by atoms with Gasteiger partial charge in [0, 0.05) is 18.2 Å². The molecule has 0 radical (unpaired) electrons. The number of ether oxygens (including phenoxy) is 1. The first kappa shape index (κ1) is 21.8. The first-order chi connectivity index (χ1) is 14.3. The zero-order chi connectivity index (χ0) is 21.7. The number of carbonyl (C=O) groups excluding carboxylic acids is 3. The lowest BCUT2D eigenvalue weighted by atomic mass is 10.1. The van der Waals surface area contributed by atoms with Gasteiger partial charge in [-0.15, -0.1) is 0 Å². The van der Waals surface area contributed by atoms with Crippen LogP contribution in [-0.2, 0) is 24.2 Å². The molecule has 1 N–H and O–H groups in total. The smallest absolute Gasteiger partial charge is 0.325 e. The molecule has 160 valence electrons. The maximum atomic E-state index is 12.3. The number of nitrogens with one attached hydrogen (secondary N) is 1. The number of sulfone groups is 1. The third-order valence-corrected chi connectivity index (χ3v) is 6.82. The lowest BCUT2D eigenvalue weighted by molar-refractivity contribution is -0.151. The van der Waals surface area contributed by atoms with Crippen LogP contribution in [0.15, 0.2) is 42.5 Å². The molecule has 8 nitrogen and oxygen atoms in total. The molecule has 3 rings (SSSR count). The van der Waals surface area contributed by atoms with Crippen LogP contribution in [0.25, 0.3) is 10.8 Å². The second kappa shape index (κ2) is 9.25. The molecule has 0 spiro atoms. The monoisotopic (exact) mass is 432 g/mol. The van der Waals surface area contributed by atoms with Gasteiger partial charge in [0.15, 0.2) is 16.4 Å². The van der Waals surface area contributed by atoms with E-state index in [-0.39, 0.29) is 24.1 Å². The average molecular weight is 432 g/mol. The molecule has 0 aromatic heterocycles. The van der Waals surface area contributed by atoms with Crippen molar-refractivity contribution < 1.29 is 27.5 Å². The van der Waals surface area contributed by atoms with Crippen molar-refractivity contribution >= 4 is 38.4 Å². The quantitative estimate of drug-likeness (QED) is 0.658. The molecule has 1 aliphatic rings. The van der Waals surface area contributed by atoms with Gasteiger partial charge in [-0.3, -0.25) is 14.4 Å². The van der Waals surface area contributed by atoms with Crippen LogP contribution in [0.1, 0.15) is 23.7 Å². The lowest BCUT2D eigenvalue weighted by Gasteiger charge is -2.26. The number of benzene rings is 2. The number of likely N-dealkylation sites (N-methyl/N-ethyl adjacent to an activating group) is 1. The number of rotatable bonds is 7. The Morgan fingerprint density at radius 3 is 2.53 bits per heavy atom. The van der Waals surface area contributed by atoms with Crippen LogP contribution in [0.2, 0.25) is 0 Å². The number of hydrogen-bond donors (Lipinski definition) is 1. The minimum absolute atomic E-state index is 0.0576. The Hall–Kier alpha value is -2.94. The Kier molecular flexibility index (Phi) is 6.71. The van der Waals surface area contributed by atoms with Gasteiger partial charge in [0.2, 0.25) is 0 Å². The van der Waals surface area contributed by atoms with Crippen LogP contribution >= 0.6 is 0 Å². The van der Waals surface area contributed by atoms with Crippen LogP contribution in [0.5, 0.6) is 0 Å². The Balaban J connectivity index is 1.47. The highest BCUT2D eigenvalue weighted by molar-refractivity contribution is 7.91. The molecule has 9 heteroatoms. The average Bonchev–Trinajstić information content (AvgIpc) is 3.09. The van der Waals surface area contributed by atoms with E-state index in [2.05, 4.69) is 5.32 Å². The second-order valence-corrected chi connectivity index (χ2v) is 9.37. The molecule has 30 heavy (non-hydrogen) atoms. The molecule has 0 aliphatic carbocycles. The second-order valence-electron chi connectivity index (χ2n) is 7.14. The SMILES string of the molecule is CCN(C(=O)COC(=O)CNC(=O)c1ccc2ccccc2c1)[C@@H]1CCS(=O)(=O)C1. The van der Waals surface area contributed by atoms with Crippen LogP contribution in [-0.4, -0.2) is 68.3 Å². The number of esters is 1. The summed E-state index contributed by atoms with van der Waals surface area (Å²) in [5.74, 6) is -1.62. The molecule has 0 saturated carbocycles. The zero-order valence-corrected chi connectivity index (χ0v) is 17.5. The summed E-state index contributed by atoms with van der Waals surface area (Å²) in [7, 11) is -3.12. The summed E-state index contributed by atoms with van der Waals surface area (Å²) in [6.45, 7) is 1.21. The van der Waals surface area contributed by atoms with Crippen LogP contribution in [0.3, 0.4) is 0 Å². The third kappa shape index (κ3) is 5.35. The summed E-state index contributed by atoms with van der Waals surface area (Å²) in [5.41, 5.74) is 0.414. The van der Waals surface area contributed by atoms with E-state index in [4.69, 9.17) is 4.74 Å². The number of hydrogen-bond acceptors (Lipinski definition) is 6. The number of amides is 2. The van der Waals surface area contributed by atoms with Gasteiger partial charge in [0.25, 0.3) is 11.8 Å². The van der Waals surface area contributed by atoms with E-state index in [1.807, 2.05) is 30.3 Å². The standard InChI is InChI=1S/C21H24N2O6S/c1-2-23(18-9-10-30(27,28)14-18)19(24)13-29-20(25)12-22-21(26)17-8-7-15-5-3-4-6-16(15)11-17/h3-8,11,18H,2,9-10,12-14H2,1H3,(H,22,26)/t18-/m1/s1. The molecule has 1 atom stereocenters.